The highest BCUT2D eigenvalue weighted by Gasteiger charge is 2.62. The zero-order chi connectivity index (χ0) is 28.4. The molecule has 11 heteroatoms. The maximum Gasteiger partial charge on any atom is 0.318 e. The molecule has 2 atom stereocenters. The average molecular weight is 588 g/mol. The van der Waals surface area contributed by atoms with Crippen LogP contribution in [0.25, 0.3) is 0 Å². The molecule has 1 aliphatic carbocycles. The Labute approximate surface area is 242 Å². The summed E-state index contributed by atoms with van der Waals surface area (Å²) in [5.74, 6) is -1.89. The van der Waals surface area contributed by atoms with Gasteiger partial charge in [-0.25, -0.2) is 0 Å². The first-order chi connectivity index (χ1) is 19.3. The van der Waals surface area contributed by atoms with E-state index in [9.17, 15) is 19.2 Å². The van der Waals surface area contributed by atoms with Gasteiger partial charge < -0.3 is 23.9 Å². The molecule has 212 valence electrons. The Morgan fingerprint density at radius 2 is 1.85 bits per heavy atom. The van der Waals surface area contributed by atoms with E-state index in [1.165, 1.54) is 6.26 Å². The van der Waals surface area contributed by atoms with E-state index < -0.39 is 17.3 Å². The normalized spacial score (nSPS) is 22.7. The molecule has 9 nitrogen and oxygen atoms in total. The first kappa shape index (κ1) is 28.2. The van der Waals surface area contributed by atoms with E-state index >= 15 is 0 Å². The number of allylic oxidation sites excluding steroid dienone is 1. The number of likely N-dealkylation sites (tertiary alicyclic amines) is 1. The summed E-state index contributed by atoms with van der Waals surface area (Å²) in [5.41, 5.74) is 0.0321. The highest BCUT2D eigenvalue weighted by molar-refractivity contribution is 6.35. The Morgan fingerprint density at radius 1 is 1.10 bits per heavy atom. The van der Waals surface area contributed by atoms with E-state index in [1.54, 1.807) is 52.0 Å². The number of hydrogen-bond donors (Lipinski definition) is 0. The first-order valence-corrected chi connectivity index (χ1v) is 14.3. The van der Waals surface area contributed by atoms with Gasteiger partial charge in [-0.3, -0.25) is 19.2 Å². The summed E-state index contributed by atoms with van der Waals surface area (Å²) in [5, 5.41) is 0.897. The number of benzene rings is 1. The maximum absolute atomic E-state index is 14.0. The van der Waals surface area contributed by atoms with E-state index in [1.807, 2.05) is 6.08 Å². The van der Waals surface area contributed by atoms with E-state index in [0.717, 1.165) is 0 Å². The van der Waals surface area contributed by atoms with Gasteiger partial charge in [0.25, 0.3) is 5.91 Å². The number of furan rings is 1. The lowest BCUT2D eigenvalue weighted by Crippen LogP contribution is -2.51. The Bertz CT molecular complexity index is 1340. The fraction of sp³-hybridized carbons (Fsp3) is 0.448. The van der Waals surface area contributed by atoms with Crippen molar-refractivity contribution in [2.24, 2.45) is 11.3 Å². The SMILES string of the molecule is CCOC(=O)[C@@]12CCCC=C1N(Cc1ccc(Cl)cc1Cl)C(=O)[C@H]2CC(=O)N1CCN(C(=O)c2ccco2)CC1. The minimum absolute atomic E-state index is 0.133. The van der Waals surface area contributed by atoms with Crippen LogP contribution in [0.1, 0.15) is 48.7 Å². The van der Waals surface area contributed by atoms with Crippen molar-refractivity contribution in [3.63, 3.8) is 0 Å². The van der Waals surface area contributed by atoms with Crippen molar-refractivity contribution < 1.29 is 28.3 Å². The van der Waals surface area contributed by atoms with Gasteiger partial charge in [0, 0.05) is 48.3 Å². The molecular formula is C29H31Cl2N3O6. The molecule has 40 heavy (non-hydrogen) atoms. The summed E-state index contributed by atoms with van der Waals surface area (Å²) >= 11 is 12.5. The molecule has 2 saturated heterocycles. The van der Waals surface area contributed by atoms with E-state index in [2.05, 4.69) is 0 Å². The van der Waals surface area contributed by atoms with Gasteiger partial charge >= 0.3 is 5.97 Å². The third kappa shape index (κ3) is 5.12. The van der Waals surface area contributed by atoms with Gasteiger partial charge in [-0.15, -0.1) is 0 Å². The van der Waals surface area contributed by atoms with Gasteiger partial charge in [0.2, 0.25) is 11.8 Å². The monoisotopic (exact) mass is 587 g/mol. The number of carbonyl (C=O) groups excluding carboxylic acids is 4. The number of piperazine rings is 1. The van der Waals surface area contributed by atoms with Crippen LogP contribution in [0.15, 0.2) is 52.8 Å². The molecule has 3 aliphatic rings. The second kappa shape index (κ2) is 11.7. The molecule has 0 radical (unpaired) electrons. The van der Waals surface area contributed by atoms with Crippen LogP contribution in [0.5, 0.6) is 0 Å². The van der Waals surface area contributed by atoms with Crippen molar-refractivity contribution in [1.29, 1.82) is 0 Å². The second-order valence-electron chi connectivity index (χ2n) is 10.2. The topological polar surface area (TPSA) is 100 Å². The molecule has 3 amide bonds. The lowest BCUT2D eigenvalue weighted by atomic mass is 9.68. The molecule has 0 spiro atoms. The Balaban J connectivity index is 1.37. The van der Waals surface area contributed by atoms with Crippen molar-refractivity contribution in [2.45, 2.75) is 39.2 Å². The molecule has 0 unspecified atom stereocenters. The Hall–Kier alpha value is -3.30. The zero-order valence-corrected chi connectivity index (χ0v) is 23.7. The smallest absolute Gasteiger partial charge is 0.318 e. The van der Waals surface area contributed by atoms with Crippen LogP contribution in [0.4, 0.5) is 0 Å². The maximum atomic E-state index is 14.0. The minimum Gasteiger partial charge on any atom is -0.465 e. The molecule has 2 aromatic rings. The number of esters is 1. The minimum atomic E-state index is -1.24. The van der Waals surface area contributed by atoms with Gasteiger partial charge in [0.05, 0.1) is 25.3 Å². The molecule has 1 aromatic carbocycles. The number of rotatable bonds is 7. The van der Waals surface area contributed by atoms with Crippen molar-refractivity contribution in [3.05, 3.63) is 69.7 Å². The molecule has 2 aliphatic heterocycles. The van der Waals surface area contributed by atoms with Crippen LogP contribution in [0.2, 0.25) is 10.0 Å². The third-order valence-electron chi connectivity index (χ3n) is 8.03. The van der Waals surface area contributed by atoms with Crippen LogP contribution in [0, 0.1) is 11.3 Å². The van der Waals surface area contributed by atoms with Gasteiger partial charge in [-0.2, -0.15) is 0 Å². The van der Waals surface area contributed by atoms with E-state index in [-0.39, 0.29) is 43.1 Å². The third-order valence-corrected chi connectivity index (χ3v) is 8.62. The second-order valence-corrected chi connectivity index (χ2v) is 11.1. The van der Waals surface area contributed by atoms with Crippen LogP contribution in [-0.4, -0.2) is 71.2 Å². The van der Waals surface area contributed by atoms with Crippen molar-refractivity contribution >= 4 is 46.9 Å². The number of hydrogen-bond acceptors (Lipinski definition) is 6. The van der Waals surface area contributed by atoms with Crippen LogP contribution in [0.3, 0.4) is 0 Å². The van der Waals surface area contributed by atoms with Crippen molar-refractivity contribution in [1.82, 2.24) is 14.7 Å². The molecule has 3 heterocycles. The number of amides is 3. The summed E-state index contributed by atoms with van der Waals surface area (Å²) in [7, 11) is 0. The van der Waals surface area contributed by atoms with Crippen molar-refractivity contribution in [3.8, 4) is 0 Å². The fourth-order valence-electron chi connectivity index (χ4n) is 6.02. The predicted octanol–water partition coefficient (Wildman–Crippen LogP) is 4.54. The Kier molecular flexibility index (Phi) is 8.24. The predicted molar refractivity (Wildman–Crippen MR) is 147 cm³/mol. The zero-order valence-electron chi connectivity index (χ0n) is 22.2. The van der Waals surface area contributed by atoms with Crippen LogP contribution >= 0.6 is 23.2 Å². The summed E-state index contributed by atoms with van der Waals surface area (Å²) in [6.07, 6.45) is 5.06. The Morgan fingerprint density at radius 3 is 2.52 bits per heavy atom. The number of carbonyl (C=O) groups is 4. The van der Waals surface area contributed by atoms with Gasteiger partial charge in [-0.05, 0) is 56.0 Å². The van der Waals surface area contributed by atoms with Gasteiger partial charge in [-0.1, -0.05) is 35.3 Å². The van der Waals surface area contributed by atoms with Gasteiger partial charge in [0.1, 0.15) is 5.41 Å². The summed E-state index contributed by atoms with van der Waals surface area (Å²) in [6.45, 7) is 3.39. The average Bonchev–Trinajstić information content (AvgIpc) is 3.57. The molecule has 0 N–H and O–H groups in total. The summed E-state index contributed by atoms with van der Waals surface area (Å²) in [6, 6.07) is 8.34. The number of nitrogens with zero attached hydrogens (tertiary/aromatic N) is 3. The van der Waals surface area contributed by atoms with Crippen molar-refractivity contribution in [2.75, 3.05) is 32.8 Å². The quantitative estimate of drug-likeness (QED) is 0.441. The fourth-order valence-corrected chi connectivity index (χ4v) is 6.49. The van der Waals surface area contributed by atoms with Crippen LogP contribution < -0.4 is 0 Å². The van der Waals surface area contributed by atoms with Gasteiger partial charge in [0.15, 0.2) is 5.76 Å². The summed E-state index contributed by atoms with van der Waals surface area (Å²) in [4.78, 5) is 58.7. The molecule has 0 saturated carbocycles. The van der Waals surface area contributed by atoms with E-state index in [0.29, 0.717) is 66.7 Å². The first-order valence-electron chi connectivity index (χ1n) is 13.5. The molecule has 2 fully saturated rings. The molecular weight excluding hydrogens is 557 g/mol. The number of halogens is 2. The molecule has 0 bridgehead atoms. The van der Waals surface area contributed by atoms with Crippen LogP contribution in [-0.2, 0) is 25.7 Å². The highest BCUT2D eigenvalue weighted by atomic mass is 35.5. The number of ether oxygens (including phenoxy) is 1. The largest absolute Gasteiger partial charge is 0.465 e. The standard InChI is InChI=1S/C29H31Cl2N3O6/c1-2-39-28(38)29-10-4-3-7-24(29)34(18-19-8-9-20(30)16-22(19)31)26(36)21(29)17-25(35)32-11-13-33(14-12-32)27(37)23-6-5-15-40-23/h5-9,15-16,21H,2-4,10-14,17-18H2,1H3/t21-,29-/m1/s1. The molecule has 5 rings (SSSR count). The number of fused-ring (bicyclic) bond motifs is 1. The lowest BCUT2D eigenvalue weighted by Gasteiger charge is -2.37. The van der Waals surface area contributed by atoms with E-state index in [4.69, 9.17) is 32.4 Å². The lowest BCUT2D eigenvalue weighted by molar-refractivity contribution is -0.158. The highest BCUT2D eigenvalue weighted by Crippen LogP contribution is 2.54. The molecule has 1 aromatic heterocycles. The summed E-state index contributed by atoms with van der Waals surface area (Å²) < 4.78 is 10.7.